The molecule has 0 bridgehead atoms. The van der Waals surface area contributed by atoms with Crippen molar-refractivity contribution >= 4 is 17.4 Å². The van der Waals surface area contributed by atoms with Gasteiger partial charge < -0.3 is 33.9 Å². The van der Waals surface area contributed by atoms with E-state index in [0.717, 1.165) is 12.1 Å². The van der Waals surface area contributed by atoms with Crippen molar-refractivity contribution in [1.82, 2.24) is 9.80 Å². The van der Waals surface area contributed by atoms with Gasteiger partial charge in [-0.3, -0.25) is 9.59 Å². The number of ketones is 1. The van der Waals surface area contributed by atoms with E-state index in [1.807, 2.05) is 32.8 Å². The number of rotatable bonds is 11. The number of aryl methyl sites for hydroxylation is 1. The summed E-state index contributed by atoms with van der Waals surface area (Å²) in [6.45, 7) is 5.30. The molecule has 1 aliphatic rings. The van der Waals surface area contributed by atoms with Crippen molar-refractivity contribution in [2.75, 3.05) is 55.1 Å². The van der Waals surface area contributed by atoms with Crippen LogP contribution >= 0.6 is 0 Å². The van der Waals surface area contributed by atoms with Crippen LogP contribution in [0.15, 0.2) is 35.9 Å². The van der Waals surface area contributed by atoms with Crippen LogP contribution in [0.25, 0.3) is 5.76 Å². The fourth-order valence-corrected chi connectivity index (χ4v) is 4.54. The molecule has 1 amide bonds. The molecular weight excluding hydrogens is 476 g/mol. The molecule has 1 N–H and O–H groups in total. The molecule has 37 heavy (non-hydrogen) atoms. The van der Waals surface area contributed by atoms with E-state index in [1.54, 1.807) is 30.3 Å². The molecular formula is C28H36N2O7. The van der Waals surface area contributed by atoms with Crippen molar-refractivity contribution < 1.29 is 33.6 Å². The van der Waals surface area contributed by atoms with Gasteiger partial charge in [-0.1, -0.05) is 0 Å². The Kier molecular flexibility index (Phi) is 9.04. The van der Waals surface area contributed by atoms with E-state index in [1.165, 1.54) is 26.2 Å². The van der Waals surface area contributed by atoms with Crippen molar-refractivity contribution in [3.63, 3.8) is 0 Å². The van der Waals surface area contributed by atoms with Crippen LogP contribution in [0.2, 0.25) is 0 Å². The number of methoxy groups -OCH3 is 3. The maximum absolute atomic E-state index is 13.4. The Morgan fingerprint density at radius 3 is 2.16 bits per heavy atom. The summed E-state index contributed by atoms with van der Waals surface area (Å²) in [5.41, 5.74) is 1.79. The molecule has 0 aliphatic carbocycles. The maximum Gasteiger partial charge on any atom is 0.295 e. The number of aliphatic hydroxyl groups excluding tert-OH is 1. The van der Waals surface area contributed by atoms with Gasteiger partial charge in [0.15, 0.2) is 11.5 Å². The van der Waals surface area contributed by atoms with E-state index in [0.29, 0.717) is 53.7 Å². The monoisotopic (exact) mass is 512 g/mol. The summed E-state index contributed by atoms with van der Waals surface area (Å²) in [6, 6.07) is 7.73. The van der Waals surface area contributed by atoms with E-state index in [-0.39, 0.29) is 11.3 Å². The number of carbonyl (C=O) groups excluding carboxylic acids is 2. The van der Waals surface area contributed by atoms with Crippen LogP contribution in [0, 0.1) is 6.92 Å². The summed E-state index contributed by atoms with van der Waals surface area (Å²) in [6.07, 6.45) is 0.642. The zero-order chi connectivity index (χ0) is 27.3. The third-order valence-corrected chi connectivity index (χ3v) is 6.30. The molecule has 0 saturated carbocycles. The number of ether oxygens (including phenoxy) is 4. The number of benzene rings is 2. The van der Waals surface area contributed by atoms with Gasteiger partial charge >= 0.3 is 0 Å². The highest BCUT2D eigenvalue weighted by molar-refractivity contribution is 6.46. The zero-order valence-electron chi connectivity index (χ0n) is 22.6. The molecule has 1 saturated heterocycles. The summed E-state index contributed by atoms with van der Waals surface area (Å²) >= 11 is 0. The lowest BCUT2D eigenvalue weighted by molar-refractivity contribution is -0.139. The fourth-order valence-electron chi connectivity index (χ4n) is 4.54. The molecule has 1 heterocycles. The number of amides is 1. The van der Waals surface area contributed by atoms with Gasteiger partial charge in [0.2, 0.25) is 5.75 Å². The second kappa shape index (κ2) is 12.0. The van der Waals surface area contributed by atoms with Crippen molar-refractivity contribution in [3.8, 4) is 23.0 Å². The normalized spacial score (nSPS) is 16.9. The Morgan fingerprint density at radius 1 is 1.00 bits per heavy atom. The van der Waals surface area contributed by atoms with E-state index >= 15 is 0 Å². The highest BCUT2D eigenvalue weighted by atomic mass is 16.5. The molecule has 0 spiro atoms. The molecule has 9 heteroatoms. The summed E-state index contributed by atoms with van der Waals surface area (Å²) in [4.78, 5) is 30.1. The number of likely N-dealkylation sites (tertiary alicyclic amines) is 1. The molecule has 0 aromatic heterocycles. The quantitative estimate of drug-likeness (QED) is 0.276. The van der Waals surface area contributed by atoms with Gasteiger partial charge in [0.1, 0.15) is 11.5 Å². The molecule has 2 aromatic carbocycles. The molecule has 2 aromatic rings. The van der Waals surface area contributed by atoms with Crippen LogP contribution in [0.3, 0.4) is 0 Å². The largest absolute Gasteiger partial charge is 0.507 e. The predicted molar refractivity (Wildman–Crippen MR) is 141 cm³/mol. The molecule has 3 rings (SSSR count). The molecule has 9 nitrogen and oxygen atoms in total. The first kappa shape index (κ1) is 27.9. The van der Waals surface area contributed by atoms with Gasteiger partial charge in [-0.25, -0.2) is 0 Å². The second-order valence-corrected chi connectivity index (χ2v) is 9.02. The third kappa shape index (κ3) is 5.67. The Hall–Kier alpha value is -3.72. The smallest absolute Gasteiger partial charge is 0.295 e. The van der Waals surface area contributed by atoms with Gasteiger partial charge in [0, 0.05) is 12.1 Å². The minimum Gasteiger partial charge on any atom is -0.507 e. The fraction of sp³-hybridized carbons (Fsp3) is 0.429. The van der Waals surface area contributed by atoms with Gasteiger partial charge in [-0.05, 0) is 82.4 Å². The lowest BCUT2D eigenvalue weighted by Gasteiger charge is -2.27. The Labute approximate surface area is 218 Å². The molecule has 1 atom stereocenters. The van der Waals surface area contributed by atoms with Crippen LogP contribution in [-0.2, 0) is 9.59 Å². The van der Waals surface area contributed by atoms with E-state index in [2.05, 4.69) is 0 Å². The number of nitrogens with zero attached hydrogens (tertiary/aromatic N) is 2. The van der Waals surface area contributed by atoms with Crippen molar-refractivity contribution in [2.45, 2.75) is 26.3 Å². The minimum atomic E-state index is -0.845. The topological polar surface area (TPSA) is 97.8 Å². The predicted octanol–water partition coefficient (Wildman–Crippen LogP) is 3.79. The lowest BCUT2D eigenvalue weighted by atomic mass is 9.94. The third-order valence-electron chi connectivity index (χ3n) is 6.30. The first-order chi connectivity index (χ1) is 17.7. The second-order valence-electron chi connectivity index (χ2n) is 9.02. The van der Waals surface area contributed by atoms with E-state index < -0.39 is 17.7 Å². The first-order valence-electron chi connectivity index (χ1n) is 12.1. The number of carbonyl (C=O) groups is 2. The summed E-state index contributed by atoms with van der Waals surface area (Å²) in [5, 5.41) is 11.4. The van der Waals surface area contributed by atoms with Crippen molar-refractivity contribution in [1.29, 1.82) is 0 Å². The molecule has 1 fully saturated rings. The van der Waals surface area contributed by atoms with Gasteiger partial charge in [0.05, 0.1) is 39.6 Å². The Bertz CT molecular complexity index is 1160. The van der Waals surface area contributed by atoms with E-state index in [9.17, 15) is 14.7 Å². The van der Waals surface area contributed by atoms with Crippen LogP contribution in [0.5, 0.6) is 23.0 Å². The van der Waals surface area contributed by atoms with Gasteiger partial charge in [-0.2, -0.15) is 0 Å². The number of hydrogen-bond donors (Lipinski definition) is 1. The minimum absolute atomic E-state index is 0.00712. The van der Waals surface area contributed by atoms with Crippen molar-refractivity contribution in [2.24, 2.45) is 0 Å². The van der Waals surface area contributed by atoms with Crippen LogP contribution < -0.4 is 18.9 Å². The summed E-state index contributed by atoms with van der Waals surface area (Å²) in [5.74, 6) is 0.179. The highest BCUT2D eigenvalue weighted by Gasteiger charge is 2.46. The SMILES string of the molecule is CCOc1ccc(/C(O)=C2\C(=O)C(=O)N(CCCN(C)C)C2c2cc(OC)c(OC)c(OC)c2)cc1C. The summed E-state index contributed by atoms with van der Waals surface area (Å²) < 4.78 is 22.1. The summed E-state index contributed by atoms with van der Waals surface area (Å²) in [7, 11) is 8.38. The van der Waals surface area contributed by atoms with Gasteiger partial charge in [-0.15, -0.1) is 0 Å². The molecule has 0 radical (unpaired) electrons. The average Bonchev–Trinajstić information content (AvgIpc) is 3.13. The highest BCUT2D eigenvalue weighted by Crippen LogP contribution is 2.45. The molecule has 200 valence electrons. The average molecular weight is 513 g/mol. The van der Waals surface area contributed by atoms with Crippen LogP contribution in [-0.4, -0.2) is 81.7 Å². The zero-order valence-corrected chi connectivity index (χ0v) is 22.6. The van der Waals surface area contributed by atoms with Crippen LogP contribution in [0.1, 0.15) is 36.1 Å². The number of hydrogen-bond acceptors (Lipinski definition) is 8. The standard InChI is InChI=1S/C28H36N2O7/c1-8-37-20-11-10-18(14-17(20)2)25(31)23-24(30(28(33)26(23)32)13-9-12-29(3)4)19-15-21(34-5)27(36-7)22(16-19)35-6/h10-11,14-16,24,31H,8-9,12-13H2,1-7H3/b25-23+. The van der Waals surface area contributed by atoms with Crippen LogP contribution in [0.4, 0.5) is 0 Å². The Morgan fingerprint density at radius 2 is 1.65 bits per heavy atom. The maximum atomic E-state index is 13.4. The molecule has 1 aliphatic heterocycles. The number of aliphatic hydroxyl groups is 1. The van der Waals surface area contributed by atoms with E-state index in [4.69, 9.17) is 18.9 Å². The first-order valence-corrected chi connectivity index (χ1v) is 12.1. The molecule has 1 unspecified atom stereocenters. The Balaban J connectivity index is 2.21. The van der Waals surface area contributed by atoms with Gasteiger partial charge in [0.25, 0.3) is 11.7 Å². The lowest BCUT2D eigenvalue weighted by Crippen LogP contribution is -2.32. The number of Topliss-reactive ketones (excluding diaryl/α,β-unsaturated/α-hetero) is 1. The van der Waals surface area contributed by atoms with Crippen molar-refractivity contribution in [3.05, 3.63) is 52.6 Å².